The third kappa shape index (κ3) is 5.39. The molecule has 0 aliphatic carbocycles. The van der Waals surface area contributed by atoms with Crippen LogP contribution in [0.2, 0.25) is 0 Å². The van der Waals surface area contributed by atoms with Crippen molar-refractivity contribution >= 4 is 10.1 Å². The molecule has 0 aromatic heterocycles. The summed E-state index contributed by atoms with van der Waals surface area (Å²) in [7, 11) is -3.87. The van der Waals surface area contributed by atoms with Gasteiger partial charge in [0.1, 0.15) is 5.75 Å². The van der Waals surface area contributed by atoms with Gasteiger partial charge in [-0.25, -0.2) is 0 Å². The van der Waals surface area contributed by atoms with Crippen LogP contribution >= 0.6 is 0 Å². The van der Waals surface area contributed by atoms with Crippen molar-refractivity contribution in [1.29, 1.82) is 0 Å². The molecule has 1 aromatic rings. The maximum Gasteiger partial charge on any atom is 0.264 e. The van der Waals surface area contributed by atoms with E-state index >= 15 is 0 Å². The van der Waals surface area contributed by atoms with E-state index in [1.165, 1.54) is 0 Å². The highest BCUT2D eigenvalue weighted by atomic mass is 32.2. The van der Waals surface area contributed by atoms with Gasteiger partial charge in [0.25, 0.3) is 10.1 Å². The van der Waals surface area contributed by atoms with E-state index in [4.69, 9.17) is 9.29 Å². The fourth-order valence-corrected chi connectivity index (χ4v) is 1.55. The standard InChI is InChI=1S/C10H14O4S/c1-9-3-5-10(6-4-9)14-7-2-8-15(11,12)13/h3-6H,2,7-8H2,1H3,(H,11,12,13). The molecule has 4 nitrogen and oxygen atoms in total. The van der Waals surface area contributed by atoms with E-state index in [0.717, 1.165) is 5.56 Å². The molecule has 0 bridgehead atoms. The van der Waals surface area contributed by atoms with Crippen molar-refractivity contribution in [1.82, 2.24) is 0 Å². The molecule has 15 heavy (non-hydrogen) atoms. The van der Waals surface area contributed by atoms with Gasteiger partial charge >= 0.3 is 0 Å². The predicted octanol–water partition coefficient (Wildman–Crippen LogP) is 1.65. The van der Waals surface area contributed by atoms with Gasteiger partial charge in [0, 0.05) is 0 Å². The first kappa shape index (κ1) is 12.0. The summed E-state index contributed by atoms with van der Waals surface area (Å²) >= 11 is 0. The van der Waals surface area contributed by atoms with Gasteiger partial charge in [0.15, 0.2) is 0 Å². The number of hydrogen-bond donors (Lipinski definition) is 1. The molecule has 0 radical (unpaired) electrons. The lowest BCUT2D eigenvalue weighted by atomic mass is 10.2. The van der Waals surface area contributed by atoms with Crippen molar-refractivity contribution in [2.75, 3.05) is 12.4 Å². The molecule has 1 N–H and O–H groups in total. The molecule has 0 spiro atoms. The summed E-state index contributed by atoms with van der Waals surface area (Å²) in [6.07, 6.45) is 0.284. The van der Waals surface area contributed by atoms with Crippen LogP contribution in [0.4, 0.5) is 0 Å². The first-order chi connectivity index (χ1) is 6.97. The average molecular weight is 230 g/mol. The molecule has 0 heterocycles. The third-order valence-corrected chi connectivity index (χ3v) is 2.64. The minimum absolute atomic E-state index is 0.265. The predicted molar refractivity (Wildman–Crippen MR) is 57.7 cm³/mol. The van der Waals surface area contributed by atoms with Crippen LogP contribution < -0.4 is 4.74 Å². The van der Waals surface area contributed by atoms with Crippen LogP contribution in [0.25, 0.3) is 0 Å². The lowest BCUT2D eigenvalue weighted by Gasteiger charge is -2.05. The van der Waals surface area contributed by atoms with Crippen molar-refractivity contribution in [3.8, 4) is 5.75 Å². The maximum atomic E-state index is 10.4. The minimum atomic E-state index is -3.87. The fourth-order valence-electron chi connectivity index (χ4n) is 1.07. The Labute approximate surface area is 89.6 Å². The lowest BCUT2D eigenvalue weighted by Crippen LogP contribution is -2.08. The highest BCUT2D eigenvalue weighted by molar-refractivity contribution is 7.85. The van der Waals surface area contributed by atoms with E-state index in [1.807, 2.05) is 31.2 Å². The Balaban J connectivity index is 2.29. The summed E-state index contributed by atoms with van der Waals surface area (Å²) in [5.41, 5.74) is 1.14. The zero-order chi connectivity index (χ0) is 11.3. The summed E-state index contributed by atoms with van der Waals surface area (Å²) in [5.74, 6) is 0.440. The van der Waals surface area contributed by atoms with Crippen molar-refractivity contribution in [2.24, 2.45) is 0 Å². The monoisotopic (exact) mass is 230 g/mol. The van der Waals surface area contributed by atoms with Gasteiger partial charge in [-0.05, 0) is 25.5 Å². The molecule has 0 atom stereocenters. The molecule has 0 aliphatic heterocycles. The molecule has 1 aromatic carbocycles. The summed E-state index contributed by atoms with van der Waals surface area (Å²) in [6.45, 7) is 2.25. The Morgan fingerprint density at radius 3 is 2.40 bits per heavy atom. The molecule has 0 fully saturated rings. The second kappa shape index (κ2) is 5.14. The molecule has 0 saturated carbocycles. The fraction of sp³-hybridized carbons (Fsp3) is 0.400. The second-order valence-corrected chi connectivity index (χ2v) is 4.87. The number of benzene rings is 1. The highest BCUT2D eigenvalue weighted by Gasteiger charge is 2.03. The van der Waals surface area contributed by atoms with Gasteiger partial charge in [-0.3, -0.25) is 4.55 Å². The smallest absolute Gasteiger partial charge is 0.264 e. The minimum Gasteiger partial charge on any atom is -0.494 e. The molecular weight excluding hydrogens is 216 g/mol. The number of rotatable bonds is 5. The maximum absolute atomic E-state index is 10.4. The van der Waals surface area contributed by atoms with E-state index < -0.39 is 10.1 Å². The van der Waals surface area contributed by atoms with Crippen molar-refractivity contribution in [2.45, 2.75) is 13.3 Å². The van der Waals surface area contributed by atoms with E-state index in [2.05, 4.69) is 0 Å². The van der Waals surface area contributed by atoms with Crippen LogP contribution in [0, 0.1) is 6.92 Å². The Morgan fingerprint density at radius 2 is 1.87 bits per heavy atom. The quantitative estimate of drug-likeness (QED) is 0.617. The zero-order valence-corrected chi connectivity index (χ0v) is 9.33. The number of hydrogen-bond acceptors (Lipinski definition) is 3. The molecule has 84 valence electrons. The van der Waals surface area contributed by atoms with Gasteiger partial charge in [-0.2, -0.15) is 8.42 Å². The topological polar surface area (TPSA) is 63.6 Å². The summed E-state index contributed by atoms with van der Waals surface area (Å²) in [5, 5.41) is 0. The number of ether oxygens (including phenoxy) is 1. The van der Waals surface area contributed by atoms with Crippen molar-refractivity contribution in [3.63, 3.8) is 0 Å². The summed E-state index contributed by atoms with van der Waals surface area (Å²) < 4.78 is 34.5. The third-order valence-electron chi connectivity index (χ3n) is 1.84. The normalized spacial score (nSPS) is 11.3. The second-order valence-electron chi connectivity index (χ2n) is 3.30. The van der Waals surface area contributed by atoms with Gasteiger partial charge in [0.2, 0.25) is 0 Å². The van der Waals surface area contributed by atoms with Crippen LogP contribution in [-0.2, 0) is 10.1 Å². The molecule has 0 amide bonds. The van der Waals surface area contributed by atoms with Crippen LogP contribution in [0.1, 0.15) is 12.0 Å². The molecule has 5 heteroatoms. The van der Waals surface area contributed by atoms with Crippen LogP contribution in [0.15, 0.2) is 24.3 Å². The summed E-state index contributed by atoms with van der Waals surface area (Å²) in [4.78, 5) is 0. The SMILES string of the molecule is Cc1ccc(OCCCS(=O)(=O)O)cc1. The van der Waals surface area contributed by atoms with Gasteiger partial charge in [0.05, 0.1) is 12.4 Å². The van der Waals surface area contributed by atoms with Crippen LogP contribution in [-0.4, -0.2) is 25.3 Å². The molecular formula is C10H14O4S. The first-order valence-corrected chi connectivity index (χ1v) is 6.23. The van der Waals surface area contributed by atoms with Gasteiger partial charge < -0.3 is 4.74 Å². The van der Waals surface area contributed by atoms with Crippen LogP contribution in [0.3, 0.4) is 0 Å². The molecule has 1 rings (SSSR count). The van der Waals surface area contributed by atoms with Gasteiger partial charge in [-0.15, -0.1) is 0 Å². The highest BCUT2D eigenvalue weighted by Crippen LogP contribution is 2.11. The average Bonchev–Trinajstić information content (AvgIpc) is 2.14. The van der Waals surface area contributed by atoms with Gasteiger partial charge in [-0.1, -0.05) is 17.7 Å². The van der Waals surface area contributed by atoms with Crippen molar-refractivity contribution in [3.05, 3.63) is 29.8 Å². The molecule has 0 aliphatic rings. The Kier molecular flexibility index (Phi) is 4.11. The molecule has 0 unspecified atom stereocenters. The van der Waals surface area contributed by atoms with Crippen molar-refractivity contribution < 1.29 is 17.7 Å². The van der Waals surface area contributed by atoms with Crippen LogP contribution in [0.5, 0.6) is 5.75 Å². The van der Waals surface area contributed by atoms with E-state index in [9.17, 15) is 8.42 Å². The van der Waals surface area contributed by atoms with E-state index in [1.54, 1.807) is 0 Å². The Bertz CT molecular complexity index is 394. The number of aryl methyl sites for hydroxylation is 1. The Hall–Kier alpha value is -1.07. The first-order valence-electron chi connectivity index (χ1n) is 4.62. The Morgan fingerprint density at radius 1 is 1.27 bits per heavy atom. The lowest BCUT2D eigenvalue weighted by molar-refractivity contribution is 0.316. The molecule has 0 saturated heterocycles. The largest absolute Gasteiger partial charge is 0.494 e. The summed E-state index contributed by atoms with van der Waals surface area (Å²) in [6, 6.07) is 7.47. The van der Waals surface area contributed by atoms with E-state index in [-0.39, 0.29) is 18.8 Å². The zero-order valence-electron chi connectivity index (χ0n) is 8.51. The van der Waals surface area contributed by atoms with E-state index in [0.29, 0.717) is 5.75 Å².